The maximum absolute atomic E-state index is 12.5. The molecule has 0 unspecified atom stereocenters. The number of halogens is 4. The first-order valence-electron chi connectivity index (χ1n) is 4.08. The summed E-state index contributed by atoms with van der Waals surface area (Å²) in [5, 5.41) is 8.36. The molecule has 0 aliphatic carbocycles. The molecule has 6 heteroatoms. The highest BCUT2D eigenvalue weighted by Gasteiger charge is 2.32. The first-order valence-corrected chi connectivity index (χ1v) is 4.88. The molecule has 16 heavy (non-hydrogen) atoms. The smallest absolute Gasteiger partial charge is 0.416 e. The van der Waals surface area contributed by atoms with Gasteiger partial charge in [0.05, 0.1) is 5.56 Å². The Morgan fingerprint density at radius 2 is 2.00 bits per heavy atom. The van der Waals surface area contributed by atoms with E-state index in [2.05, 4.69) is 15.9 Å². The molecular weight excluding hydrogens is 289 g/mol. The Balaban J connectivity index is 3.24. The highest BCUT2D eigenvalue weighted by molar-refractivity contribution is 9.10. The lowest BCUT2D eigenvalue weighted by molar-refractivity contribution is -0.138. The van der Waals surface area contributed by atoms with Gasteiger partial charge in [-0.3, -0.25) is 0 Å². The lowest BCUT2D eigenvalue weighted by Gasteiger charge is -2.10. The van der Waals surface area contributed by atoms with Gasteiger partial charge in [-0.25, -0.2) is 4.79 Å². The fourth-order valence-corrected chi connectivity index (χ4v) is 1.47. The average molecular weight is 295 g/mol. The van der Waals surface area contributed by atoms with Crippen LogP contribution in [0.4, 0.5) is 13.2 Å². The van der Waals surface area contributed by atoms with Crippen molar-refractivity contribution in [2.24, 2.45) is 0 Å². The second kappa shape index (κ2) is 4.69. The number of benzene rings is 1. The van der Waals surface area contributed by atoms with Crippen LogP contribution < -0.4 is 0 Å². The number of carbonyl (C=O) groups is 1. The van der Waals surface area contributed by atoms with Crippen LogP contribution in [0.25, 0.3) is 6.08 Å². The third-order valence-corrected chi connectivity index (χ3v) is 2.22. The number of alkyl halides is 3. The first kappa shape index (κ1) is 12.8. The van der Waals surface area contributed by atoms with E-state index in [0.717, 1.165) is 12.1 Å². The number of carboxylic acid groups (broad SMARTS) is 1. The maximum Gasteiger partial charge on any atom is 0.416 e. The van der Waals surface area contributed by atoms with Gasteiger partial charge in [0.1, 0.15) is 0 Å². The number of hydrogen-bond donors (Lipinski definition) is 1. The first-order chi connectivity index (χ1) is 7.30. The molecule has 0 aliphatic rings. The van der Waals surface area contributed by atoms with Gasteiger partial charge in [-0.15, -0.1) is 0 Å². The molecule has 0 aliphatic heterocycles. The van der Waals surface area contributed by atoms with Crippen LogP contribution in [0.15, 0.2) is 28.7 Å². The van der Waals surface area contributed by atoms with Crippen molar-refractivity contribution in [1.29, 1.82) is 0 Å². The van der Waals surface area contributed by atoms with E-state index in [9.17, 15) is 18.0 Å². The Kier molecular flexibility index (Phi) is 3.74. The van der Waals surface area contributed by atoms with Gasteiger partial charge < -0.3 is 5.11 Å². The third kappa shape index (κ3) is 3.37. The number of carboxylic acids is 1. The minimum Gasteiger partial charge on any atom is -0.478 e. The summed E-state index contributed by atoms with van der Waals surface area (Å²) in [5.41, 5.74) is -1.06. The largest absolute Gasteiger partial charge is 0.478 e. The van der Waals surface area contributed by atoms with Gasteiger partial charge in [0.25, 0.3) is 0 Å². The van der Waals surface area contributed by atoms with Crippen molar-refractivity contribution in [2.75, 3.05) is 0 Å². The quantitative estimate of drug-likeness (QED) is 0.847. The Bertz CT molecular complexity index is 438. The van der Waals surface area contributed by atoms with Crippen LogP contribution in [-0.2, 0) is 11.0 Å². The molecule has 2 nitrogen and oxygen atoms in total. The van der Waals surface area contributed by atoms with Gasteiger partial charge in [-0.2, -0.15) is 13.2 Å². The standard InChI is InChI=1S/C10H6BrF3O2/c11-7-2-3-8(10(12,13)14)6(5-7)1-4-9(15)16/h1-5H,(H,15,16). The van der Waals surface area contributed by atoms with Gasteiger partial charge in [0, 0.05) is 10.5 Å². The van der Waals surface area contributed by atoms with Gasteiger partial charge >= 0.3 is 12.1 Å². The van der Waals surface area contributed by atoms with Crippen molar-refractivity contribution >= 4 is 28.0 Å². The molecule has 0 heterocycles. The summed E-state index contributed by atoms with van der Waals surface area (Å²) in [5.74, 6) is -1.30. The highest BCUT2D eigenvalue weighted by Crippen LogP contribution is 2.33. The fraction of sp³-hybridized carbons (Fsp3) is 0.100. The summed E-state index contributed by atoms with van der Waals surface area (Å²) in [7, 11) is 0. The van der Waals surface area contributed by atoms with Crippen LogP contribution in [0.2, 0.25) is 0 Å². The number of rotatable bonds is 2. The summed E-state index contributed by atoms with van der Waals surface area (Å²) in [6.45, 7) is 0. The predicted octanol–water partition coefficient (Wildman–Crippen LogP) is 3.57. The normalized spacial score (nSPS) is 12.0. The zero-order chi connectivity index (χ0) is 12.3. The zero-order valence-electron chi connectivity index (χ0n) is 7.75. The Labute approximate surface area is 97.5 Å². The Morgan fingerprint density at radius 3 is 2.50 bits per heavy atom. The molecule has 0 saturated carbocycles. The van der Waals surface area contributed by atoms with E-state index >= 15 is 0 Å². The molecule has 0 atom stereocenters. The molecule has 86 valence electrons. The Hall–Kier alpha value is -1.30. The molecule has 0 amide bonds. The average Bonchev–Trinajstić information content (AvgIpc) is 2.12. The number of hydrogen-bond acceptors (Lipinski definition) is 1. The summed E-state index contributed by atoms with van der Waals surface area (Å²) < 4.78 is 38.0. The van der Waals surface area contributed by atoms with Crippen molar-refractivity contribution < 1.29 is 23.1 Å². The molecule has 0 aromatic heterocycles. The van der Waals surface area contributed by atoms with E-state index in [-0.39, 0.29) is 5.56 Å². The topological polar surface area (TPSA) is 37.3 Å². The molecule has 0 fully saturated rings. The van der Waals surface area contributed by atoms with Crippen LogP contribution in [0.1, 0.15) is 11.1 Å². The highest BCUT2D eigenvalue weighted by atomic mass is 79.9. The molecule has 0 saturated heterocycles. The predicted molar refractivity (Wildman–Crippen MR) is 55.8 cm³/mol. The monoisotopic (exact) mass is 294 g/mol. The van der Waals surface area contributed by atoms with Gasteiger partial charge in [-0.1, -0.05) is 15.9 Å². The number of aliphatic carboxylic acids is 1. The SMILES string of the molecule is O=C(O)C=Cc1cc(Br)ccc1C(F)(F)F. The van der Waals surface area contributed by atoms with Crippen LogP contribution in [0.5, 0.6) is 0 Å². The lowest BCUT2D eigenvalue weighted by Crippen LogP contribution is -2.07. The second-order valence-corrected chi connectivity index (χ2v) is 3.82. The van der Waals surface area contributed by atoms with E-state index in [1.807, 2.05) is 0 Å². The fourth-order valence-electron chi connectivity index (χ4n) is 1.09. The van der Waals surface area contributed by atoms with E-state index in [1.54, 1.807) is 0 Å². The molecule has 1 N–H and O–H groups in total. The van der Waals surface area contributed by atoms with Crippen molar-refractivity contribution in [3.8, 4) is 0 Å². The van der Waals surface area contributed by atoms with Crippen molar-refractivity contribution in [3.63, 3.8) is 0 Å². The Morgan fingerprint density at radius 1 is 1.38 bits per heavy atom. The molecule has 1 rings (SSSR count). The lowest BCUT2D eigenvalue weighted by atomic mass is 10.1. The minimum atomic E-state index is -4.50. The summed E-state index contributed by atoms with van der Waals surface area (Å²) in [6, 6.07) is 3.36. The van der Waals surface area contributed by atoms with E-state index in [4.69, 9.17) is 5.11 Å². The summed E-state index contributed by atoms with van der Waals surface area (Å²) in [6.07, 6.45) is -2.92. The van der Waals surface area contributed by atoms with Crippen molar-refractivity contribution in [2.45, 2.75) is 6.18 Å². The van der Waals surface area contributed by atoms with E-state index in [1.165, 1.54) is 12.1 Å². The molecular formula is C10H6BrF3O2. The molecule has 0 bridgehead atoms. The van der Waals surface area contributed by atoms with Crippen LogP contribution in [0, 0.1) is 0 Å². The molecule has 0 radical (unpaired) electrons. The van der Waals surface area contributed by atoms with E-state index < -0.39 is 17.7 Å². The molecule has 0 spiro atoms. The van der Waals surface area contributed by atoms with Gasteiger partial charge in [0.15, 0.2) is 0 Å². The van der Waals surface area contributed by atoms with Gasteiger partial charge in [0.2, 0.25) is 0 Å². The second-order valence-electron chi connectivity index (χ2n) is 2.90. The van der Waals surface area contributed by atoms with Gasteiger partial charge in [-0.05, 0) is 29.8 Å². The van der Waals surface area contributed by atoms with Crippen LogP contribution in [-0.4, -0.2) is 11.1 Å². The van der Waals surface area contributed by atoms with Crippen LogP contribution >= 0.6 is 15.9 Å². The van der Waals surface area contributed by atoms with E-state index in [0.29, 0.717) is 10.5 Å². The van der Waals surface area contributed by atoms with Crippen LogP contribution in [0.3, 0.4) is 0 Å². The zero-order valence-corrected chi connectivity index (χ0v) is 9.34. The summed E-state index contributed by atoms with van der Waals surface area (Å²) >= 11 is 3.02. The minimum absolute atomic E-state index is 0.190. The maximum atomic E-state index is 12.5. The molecule has 1 aromatic carbocycles. The van der Waals surface area contributed by atoms with Crippen molar-refractivity contribution in [1.82, 2.24) is 0 Å². The third-order valence-electron chi connectivity index (χ3n) is 1.72. The molecule has 1 aromatic rings. The summed E-state index contributed by atoms with van der Waals surface area (Å²) in [4.78, 5) is 10.2. The van der Waals surface area contributed by atoms with Crippen molar-refractivity contribution in [3.05, 3.63) is 39.9 Å².